The fraction of sp³-hybridized carbons (Fsp3) is 0.500. The molecule has 20 heavy (non-hydrogen) atoms. The summed E-state index contributed by atoms with van der Waals surface area (Å²) in [5.41, 5.74) is 2.71. The Morgan fingerprint density at radius 3 is 2.40 bits per heavy atom. The lowest BCUT2D eigenvalue weighted by Crippen LogP contribution is -2.02. The number of benzene rings is 1. The second kappa shape index (κ2) is 9.35. The number of carbonyl (C=O) groups excluding carboxylic acids is 1. The van der Waals surface area contributed by atoms with Crippen molar-refractivity contribution in [2.75, 3.05) is 6.61 Å². The zero-order valence-electron chi connectivity index (χ0n) is 12.9. The number of esters is 1. The van der Waals surface area contributed by atoms with Crippen molar-refractivity contribution in [3.8, 4) is 0 Å². The van der Waals surface area contributed by atoms with Gasteiger partial charge in [-0.05, 0) is 43.2 Å². The summed E-state index contributed by atoms with van der Waals surface area (Å²) in [6.45, 7) is 6.77. The van der Waals surface area contributed by atoms with Crippen molar-refractivity contribution in [1.82, 2.24) is 0 Å². The molecule has 0 amide bonds. The normalized spacial score (nSPS) is 11.2. The van der Waals surface area contributed by atoms with Crippen LogP contribution in [0.3, 0.4) is 0 Å². The van der Waals surface area contributed by atoms with Gasteiger partial charge in [-0.2, -0.15) is 0 Å². The molecule has 0 aliphatic rings. The summed E-state index contributed by atoms with van der Waals surface area (Å²) in [7, 11) is 0. The molecule has 0 N–H and O–H groups in total. The highest BCUT2D eigenvalue weighted by Gasteiger charge is 1.99. The first-order chi connectivity index (χ1) is 9.61. The zero-order valence-corrected chi connectivity index (χ0v) is 12.9. The highest BCUT2D eigenvalue weighted by Crippen LogP contribution is 2.10. The van der Waals surface area contributed by atoms with Crippen molar-refractivity contribution in [2.24, 2.45) is 5.92 Å². The third-order valence-electron chi connectivity index (χ3n) is 3.01. The van der Waals surface area contributed by atoms with E-state index in [2.05, 4.69) is 50.3 Å². The number of carbonyl (C=O) groups is 1. The quantitative estimate of drug-likeness (QED) is 0.521. The first kappa shape index (κ1) is 16.5. The van der Waals surface area contributed by atoms with Crippen LogP contribution in [0.25, 0.3) is 0 Å². The van der Waals surface area contributed by atoms with E-state index in [9.17, 15) is 4.79 Å². The van der Waals surface area contributed by atoms with Gasteiger partial charge in [0.05, 0.1) is 6.61 Å². The number of ether oxygens (including phenoxy) is 1. The second-order valence-corrected chi connectivity index (χ2v) is 5.43. The molecule has 0 bridgehead atoms. The maximum atomic E-state index is 11.1. The predicted molar refractivity (Wildman–Crippen MR) is 83.7 cm³/mol. The standard InChI is InChI=1S/C18H26O2/c1-4-20-18(19)9-7-5-6-8-16-10-12-17(13-11-16)14-15(2)3/h5-6,10-13,15H,4,7-9,14H2,1-3H3/b6-5+. The van der Waals surface area contributed by atoms with E-state index >= 15 is 0 Å². The van der Waals surface area contributed by atoms with Gasteiger partial charge >= 0.3 is 5.97 Å². The third-order valence-corrected chi connectivity index (χ3v) is 3.01. The Morgan fingerprint density at radius 2 is 1.80 bits per heavy atom. The molecule has 1 rings (SSSR count). The van der Waals surface area contributed by atoms with Crippen LogP contribution in [-0.2, 0) is 22.4 Å². The molecular weight excluding hydrogens is 248 g/mol. The Kier molecular flexibility index (Phi) is 7.71. The first-order valence-electron chi connectivity index (χ1n) is 7.50. The fourth-order valence-corrected chi connectivity index (χ4v) is 2.05. The van der Waals surface area contributed by atoms with Crippen molar-refractivity contribution in [1.29, 1.82) is 0 Å². The number of allylic oxidation sites excluding steroid dienone is 2. The van der Waals surface area contributed by atoms with Crippen molar-refractivity contribution >= 4 is 5.97 Å². The molecule has 0 radical (unpaired) electrons. The molecule has 0 saturated carbocycles. The van der Waals surface area contributed by atoms with Gasteiger partial charge in [0.25, 0.3) is 0 Å². The van der Waals surface area contributed by atoms with Crippen LogP contribution in [0.1, 0.15) is 44.7 Å². The van der Waals surface area contributed by atoms with E-state index < -0.39 is 0 Å². The smallest absolute Gasteiger partial charge is 0.306 e. The van der Waals surface area contributed by atoms with Gasteiger partial charge in [-0.3, -0.25) is 4.79 Å². The van der Waals surface area contributed by atoms with Crippen LogP contribution < -0.4 is 0 Å². The predicted octanol–water partition coefficient (Wildman–Crippen LogP) is 4.33. The molecule has 0 heterocycles. The summed E-state index contributed by atoms with van der Waals surface area (Å²) in [6, 6.07) is 8.80. The van der Waals surface area contributed by atoms with Gasteiger partial charge in [0.2, 0.25) is 0 Å². The molecule has 110 valence electrons. The number of hydrogen-bond donors (Lipinski definition) is 0. The molecule has 0 fully saturated rings. The van der Waals surface area contributed by atoms with Gasteiger partial charge in [-0.15, -0.1) is 0 Å². The number of rotatable bonds is 8. The highest BCUT2D eigenvalue weighted by molar-refractivity contribution is 5.69. The summed E-state index contributed by atoms with van der Waals surface area (Å²) in [4.78, 5) is 11.1. The molecule has 0 unspecified atom stereocenters. The van der Waals surface area contributed by atoms with Crippen LogP contribution >= 0.6 is 0 Å². The van der Waals surface area contributed by atoms with E-state index in [-0.39, 0.29) is 5.97 Å². The zero-order chi connectivity index (χ0) is 14.8. The van der Waals surface area contributed by atoms with Crippen molar-refractivity contribution in [2.45, 2.75) is 46.5 Å². The summed E-state index contributed by atoms with van der Waals surface area (Å²) in [5.74, 6) is 0.582. The molecule has 0 spiro atoms. The Morgan fingerprint density at radius 1 is 1.15 bits per heavy atom. The van der Waals surface area contributed by atoms with Crippen LogP contribution in [0.2, 0.25) is 0 Å². The molecule has 2 heteroatoms. The monoisotopic (exact) mass is 274 g/mol. The van der Waals surface area contributed by atoms with E-state index in [1.54, 1.807) is 0 Å². The van der Waals surface area contributed by atoms with Crippen LogP contribution in [0, 0.1) is 5.92 Å². The first-order valence-corrected chi connectivity index (χ1v) is 7.50. The average Bonchev–Trinajstić information content (AvgIpc) is 2.40. The van der Waals surface area contributed by atoms with E-state index in [1.807, 2.05) is 6.92 Å². The molecule has 1 aromatic carbocycles. The van der Waals surface area contributed by atoms with Crippen LogP contribution in [0.15, 0.2) is 36.4 Å². The van der Waals surface area contributed by atoms with Gasteiger partial charge in [-0.25, -0.2) is 0 Å². The molecule has 2 nitrogen and oxygen atoms in total. The Bertz CT molecular complexity index is 416. The minimum Gasteiger partial charge on any atom is -0.466 e. The van der Waals surface area contributed by atoms with Gasteiger partial charge in [0.15, 0.2) is 0 Å². The van der Waals surface area contributed by atoms with E-state index in [0.717, 1.165) is 19.3 Å². The van der Waals surface area contributed by atoms with Gasteiger partial charge in [-0.1, -0.05) is 50.3 Å². The van der Waals surface area contributed by atoms with Crippen molar-refractivity contribution < 1.29 is 9.53 Å². The van der Waals surface area contributed by atoms with E-state index in [4.69, 9.17) is 4.74 Å². The van der Waals surface area contributed by atoms with Crippen LogP contribution in [0.5, 0.6) is 0 Å². The lowest BCUT2D eigenvalue weighted by atomic mass is 10.0. The van der Waals surface area contributed by atoms with E-state index in [1.165, 1.54) is 11.1 Å². The average molecular weight is 274 g/mol. The molecular formula is C18H26O2. The lowest BCUT2D eigenvalue weighted by molar-refractivity contribution is -0.142. The van der Waals surface area contributed by atoms with Crippen molar-refractivity contribution in [3.05, 3.63) is 47.5 Å². The van der Waals surface area contributed by atoms with Gasteiger partial charge in [0.1, 0.15) is 0 Å². The second-order valence-electron chi connectivity index (χ2n) is 5.43. The minimum absolute atomic E-state index is 0.116. The minimum atomic E-state index is -0.116. The lowest BCUT2D eigenvalue weighted by Gasteiger charge is -2.05. The summed E-state index contributed by atoms with van der Waals surface area (Å²) in [5, 5.41) is 0. The summed E-state index contributed by atoms with van der Waals surface area (Å²) in [6.07, 6.45) is 7.46. The molecule has 1 aromatic rings. The fourth-order valence-electron chi connectivity index (χ4n) is 2.05. The van der Waals surface area contributed by atoms with Crippen LogP contribution in [0.4, 0.5) is 0 Å². The molecule has 0 aromatic heterocycles. The topological polar surface area (TPSA) is 26.3 Å². The van der Waals surface area contributed by atoms with Crippen molar-refractivity contribution in [3.63, 3.8) is 0 Å². The van der Waals surface area contributed by atoms with Crippen LogP contribution in [-0.4, -0.2) is 12.6 Å². The van der Waals surface area contributed by atoms with Gasteiger partial charge < -0.3 is 4.74 Å². The maximum Gasteiger partial charge on any atom is 0.306 e. The Labute approximate surface area is 122 Å². The summed E-state index contributed by atoms with van der Waals surface area (Å²) >= 11 is 0. The highest BCUT2D eigenvalue weighted by atomic mass is 16.5. The largest absolute Gasteiger partial charge is 0.466 e. The number of hydrogen-bond acceptors (Lipinski definition) is 2. The molecule has 0 aliphatic carbocycles. The summed E-state index contributed by atoms with van der Waals surface area (Å²) < 4.78 is 4.88. The van der Waals surface area contributed by atoms with E-state index in [0.29, 0.717) is 18.9 Å². The maximum absolute atomic E-state index is 11.1. The third kappa shape index (κ3) is 7.13. The van der Waals surface area contributed by atoms with Gasteiger partial charge in [0, 0.05) is 6.42 Å². The molecule has 0 aliphatic heterocycles. The molecule has 0 saturated heterocycles. The SMILES string of the molecule is CCOC(=O)CC/C=C/Cc1ccc(CC(C)C)cc1. The Hall–Kier alpha value is -1.57. The Balaban J connectivity index is 2.29. The molecule has 0 atom stereocenters.